The highest BCUT2D eigenvalue weighted by atomic mass is 14.8. The lowest BCUT2D eigenvalue weighted by atomic mass is 9.51. The van der Waals surface area contributed by atoms with Crippen molar-refractivity contribution >= 4 is 0 Å². The molecule has 3 rings (SSSR count). The van der Waals surface area contributed by atoms with Gasteiger partial charge in [-0.25, -0.2) is 0 Å². The van der Waals surface area contributed by atoms with E-state index >= 15 is 0 Å². The number of benzene rings is 1. The Hall–Kier alpha value is -0.820. The van der Waals surface area contributed by atoms with Crippen LogP contribution in [0.5, 0.6) is 0 Å². The first-order valence-electron chi connectivity index (χ1n) is 6.98. The van der Waals surface area contributed by atoms with Crippen molar-refractivity contribution in [2.24, 2.45) is 11.1 Å². The van der Waals surface area contributed by atoms with Crippen molar-refractivity contribution < 1.29 is 0 Å². The summed E-state index contributed by atoms with van der Waals surface area (Å²) in [6.45, 7) is 2.14. The third-order valence-corrected chi connectivity index (χ3v) is 4.92. The zero-order valence-corrected chi connectivity index (χ0v) is 10.8. The Balaban J connectivity index is 1.75. The second-order valence-electron chi connectivity index (χ2n) is 6.44. The Morgan fingerprint density at radius 3 is 2.12 bits per heavy atom. The molecule has 0 heterocycles. The maximum Gasteiger partial charge on any atom is 0.0420 e. The van der Waals surface area contributed by atoms with Gasteiger partial charge in [0.1, 0.15) is 0 Å². The van der Waals surface area contributed by atoms with Crippen molar-refractivity contribution in [2.45, 2.75) is 57.4 Å². The smallest absolute Gasteiger partial charge is 0.0420 e. The number of hydrogen-bond acceptors (Lipinski definition) is 1. The number of hydrogen-bond donors (Lipinski definition) is 1. The van der Waals surface area contributed by atoms with E-state index in [0.717, 1.165) is 0 Å². The summed E-state index contributed by atoms with van der Waals surface area (Å²) in [4.78, 5) is 0. The standard InChI is InChI=1S/C16H23N/c1-13-5-7-14(8-6-13)16(17)11-15(12-16)9-3-2-4-10-15/h5-8H,2-4,9-12,17H2,1H3. The van der Waals surface area contributed by atoms with E-state index in [1.807, 2.05) is 0 Å². The van der Waals surface area contributed by atoms with Crippen molar-refractivity contribution in [1.82, 2.24) is 0 Å². The lowest BCUT2D eigenvalue weighted by Crippen LogP contribution is -2.56. The second kappa shape index (κ2) is 3.84. The molecule has 2 N–H and O–H groups in total. The van der Waals surface area contributed by atoms with E-state index < -0.39 is 0 Å². The molecule has 0 unspecified atom stereocenters. The van der Waals surface area contributed by atoms with Crippen LogP contribution in [0.1, 0.15) is 56.1 Å². The van der Waals surface area contributed by atoms with E-state index in [2.05, 4.69) is 31.2 Å². The van der Waals surface area contributed by atoms with Gasteiger partial charge in [-0.15, -0.1) is 0 Å². The van der Waals surface area contributed by atoms with Crippen LogP contribution < -0.4 is 5.73 Å². The molecule has 0 saturated heterocycles. The number of rotatable bonds is 1. The van der Waals surface area contributed by atoms with Crippen LogP contribution in [0.3, 0.4) is 0 Å². The van der Waals surface area contributed by atoms with Gasteiger partial charge in [-0.1, -0.05) is 49.1 Å². The van der Waals surface area contributed by atoms with Crippen LogP contribution in [0, 0.1) is 12.3 Å². The normalized spacial score (nSPS) is 25.5. The molecule has 0 aromatic heterocycles. The third-order valence-electron chi connectivity index (χ3n) is 4.92. The van der Waals surface area contributed by atoms with Crippen molar-refractivity contribution in [3.05, 3.63) is 35.4 Å². The molecule has 2 aliphatic rings. The fourth-order valence-electron chi connectivity index (χ4n) is 4.03. The topological polar surface area (TPSA) is 26.0 Å². The molecular weight excluding hydrogens is 206 g/mol. The molecule has 1 spiro atoms. The Bertz CT molecular complexity index is 390. The molecule has 92 valence electrons. The first-order valence-corrected chi connectivity index (χ1v) is 6.98. The summed E-state index contributed by atoms with van der Waals surface area (Å²) in [5, 5.41) is 0. The summed E-state index contributed by atoms with van der Waals surface area (Å²) in [5.41, 5.74) is 9.84. The zero-order valence-electron chi connectivity index (χ0n) is 10.8. The van der Waals surface area contributed by atoms with Gasteiger partial charge in [-0.2, -0.15) is 0 Å². The molecule has 2 fully saturated rings. The highest BCUT2D eigenvalue weighted by molar-refractivity contribution is 5.31. The van der Waals surface area contributed by atoms with Gasteiger partial charge in [0.05, 0.1) is 0 Å². The maximum atomic E-state index is 6.58. The Kier molecular flexibility index (Phi) is 2.55. The van der Waals surface area contributed by atoms with Crippen molar-refractivity contribution in [2.75, 3.05) is 0 Å². The Morgan fingerprint density at radius 2 is 1.53 bits per heavy atom. The molecule has 0 bridgehead atoms. The van der Waals surface area contributed by atoms with Gasteiger partial charge in [0.15, 0.2) is 0 Å². The van der Waals surface area contributed by atoms with E-state index in [-0.39, 0.29) is 5.54 Å². The second-order valence-corrected chi connectivity index (χ2v) is 6.44. The van der Waals surface area contributed by atoms with E-state index in [9.17, 15) is 0 Å². The van der Waals surface area contributed by atoms with Crippen LogP contribution >= 0.6 is 0 Å². The first kappa shape index (κ1) is 11.3. The van der Waals surface area contributed by atoms with Crippen molar-refractivity contribution in [3.63, 3.8) is 0 Å². The Labute approximate surface area is 104 Å². The predicted octanol–water partition coefficient (Wildman–Crippen LogP) is 3.89. The fraction of sp³-hybridized carbons (Fsp3) is 0.625. The molecule has 1 aromatic rings. The quantitative estimate of drug-likeness (QED) is 0.776. The van der Waals surface area contributed by atoms with Crippen LogP contribution in [0.25, 0.3) is 0 Å². The predicted molar refractivity (Wildman–Crippen MR) is 71.8 cm³/mol. The summed E-state index contributed by atoms with van der Waals surface area (Å²) >= 11 is 0. The Morgan fingerprint density at radius 1 is 0.941 bits per heavy atom. The average molecular weight is 229 g/mol. The fourth-order valence-corrected chi connectivity index (χ4v) is 4.03. The van der Waals surface area contributed by atoms with Crippen LogP contribution in [0.15, 0.2) is 24.3 Å². The maximum absolute atomic E-state index is 6.58. The van der Waals surface area contributed by atoms with Gasteiger partial charge in [0, 0.05) is 5.54 Å². The molecule has 1 heteroatoms. The van der Waals surface area contributed by atoms with Gasteiger partial charge in [0.25, 0.3) is 0 Å². The lowest BCUT2D eigenvalue weighted by Gasteiger charge is -2.57. The minimum atomic E-state index is -0.0228. The van der Waals surface area contributed by atoms with Gasteiger partial charge in [-0.05, 0) is 43.6 Å². The summed E-state index contributed by atoms with van der Waals surface area (Å²) in [7, 11) is 0. The molecule has 0 aliphatic heterocycles. The highest BCUT2D eigenvalue weighted by Crippen LogP contribution is 2.59. The van der Waals surface area contributed by atoms with Gasteiger partial charge in [0.2, 0.25) is 0 Å². The molecule has 2 aliphatic carbocycles. The van der Waals surface area contributed by atoms with Gasteiger partial charge >= 0.3 is 0 Å². The van der Waals surface area contributed by atoms with E-state index in [1.54, 1.807) is 0 Å². The van der Waals surface area contributed by atoms with E-state index in [4.69, 9.17) is 5.73 Å². The molecule has 0 atom stereocenters. The van der Waals surface area contributed by atoms with E-state index in [0.29, 0.717) is 5.41 Å². The van der Waals surface area contributed by atoms with Crippen LogP contribution in [-0.4, -0.2) is 0 Å². The largest absolute Gasteiger partial charge is 0.321 e. The van der Waals surface area contributed by atoms with Crippen molar-refractivity contribution in [3.8, 4) is 0 Å². The molecule has 0 amide bonds. The van der Waals surface area contributed by atoms with Crippen LogP contribution in [0.4, 0.5) is 0 Å². The lowest BCUT2D eigenvalue weighted by molar-refractivity contribution is -0.00990. The van der Waals surface area contributed by atoms with Crippen LogP contribution in [-0.2, 0) is 5.54 Å². The monoisotopic (exact) mass is 229 g/mol. The zero-order chi connectivity index (χ0) is 11.9. The molecule has 1 nitrogen and oxygen atoms in total. The third kappa shape index (κ3) is 1.91. The molecular formula is C16H23N. The summed E-state index contributed by atoms with van der Waals surface area (Å²) < 4.78 is 0. The van der Waals surface area contributed by atoms with Crippen molar-refractivity contribution in [1.29, 1.82) is 0 Å². The molecule has 1 aromatic carbocycles. The molecule has 2 saturated carbocycles. The molecule has 0 radical (unpaired) electrons. The van der Waals surface area contributed by atoms with Crippen LogP contribution in [0.2, 0.25) is 0 Å². The van der Waals surface area contributed by atoms with E-state index in [1.165, 1.54) is 56.1 Å². The minimum Gasteiger partial charge on any atom is -0.321 e. The average Bonchev–Trinajstić information content (AvgIpc) is 2.29. The van der Waals surface area contributed by atoms with Gasteiger partial charge in [-0.3, -0.25) is 0 Å². The summed E-state index contributed by atoms with van der Waals surface area (Å²) in [6.07, 6.45) is 9.53. The number of aryl methyl sites for hydroxylation is 1. The SMILES string of the molecule is Cc1ccc(C2(N)CC3(CCCCC3)C2)cc1. The minimum absolute atomic E-state index is 0.0228. The van der Waals surface area contributed by atoms with Gasteiger partial charge < -0.3 is 5.73 Å². The first-order chi connectivity index (χ1) is 8.12. The summed E-state index contributed by atoms with van der Waals surface area (Å²) in [6, 6.07) is 8.83. The summed E-state index contributed by atoms with van der Waals surface area (Å²) in [5.74, 6) is 0. The molecule has 17 heavy (non-hydrogen) atoms. The number of nitrogens with two attached hydrogens (primary N) is 1. The highest BCUT2D eigenvalue weighted by Gasteiger charge is 2.52.